The molecule has 1 fully saturated rings. The Morgan fingerprint density at radius 2 is 1.79 bits per heavy atom. The molecule has 0 atom stereocenters. The molecule has 0 spiro atoms. The average Bonchev–Trinajstić information content (AvgIpc) is 2.97. The zero-order chi connectivity index (χ0) is 20.8. The third kappa shape index (κ3) is 5.21. The quantitative estimate of drug-likeness (QED) is 0.576. The second-order valence-electron chi connectivity index (χ2n) is 6.76. The molecule has 3 rings (SSSR count). The van der Waals surface area contributed by atoms with Crippen LogP contribution in [0.2, 0.25) is 0 Å². The van der Waals surface area contributed by atoms with E-state index in [0.717, 1.165) is 47.4 Å². The highest BCUT2D eigenvalue weighted by atomic mass is 32.2. The Kier molecular flexibility index (Phi) is 6.99. The normalized spacial score (nSPS) is 15.3. The summed E-state index contributed by atoms with van der Waals surface area (Å²) in [7, 11) is 0. The van der Waals surface area contributed by atoms with E-state index in [1.165, 1.54) is 4.90 Å². The van der Waals surface area contributed by atoms with Gasteiger partial charge in [-0.25, -0.2) is 0 Å². The summed E-state index contributed by atoms with van der Waals surface area (Å²) in [5, 5.41) is -0.256. The van der Waals surface area contributed by atoms with Crippen molar-refractivity contribution in [3.05, 3.63) is 64.6 Å². The number of imide groups is 1. The Morgan fingerprint density at radius 1 is 1.07 bits per heavy atom. The Morgan fingerprint density at radius 3 is 2.45 bits per heavy atom. The molecule has 0 N–H and O–H groups in total. The molecule has 0 bridgehead atoms. The van der Waals surface area contributed by atoms with Gasteiger partial charge in [0.25, 0.3) is 11.1 Å². The van der Waals surface area contributed by atoms with E-state index in [1.54, 1.807) is 6.08 Å². The van der Waals surface area contributed by atoms with Gasteiger partial charge in [-0.05, 0) is 74.0 Å². The monoisotopic (exact) mass is 410 g/mol. The second-order valence-corrected chi connectivity index (χ2v) is 7.76. The van der Waals surface area contributed by atoms with E-state index in [2.05, 4.69) is 18.7 Å². The lowest BCUT2D eigenvalue weighted by molar-refractivity contribution is -0.123. The summed E-state index contributed by atoms with van der Waals surface area (Å²) in [6, 6.07) is 15.7. The largest absolute Gasteiger partial charge is 0.492 e. The molecule has 0 saturated carbocycles. The molecule has 29 heavy (non-hydrogen) atoms. The predicted octanol–water partition coefficient (Wildman–Crippen LogP) is 4.96. The van der Waals surface area contributed by atoms with E-state index in [4.69, 9.17) is 4.74 Å². The van der Waals surface area contributed by atoms with Crippen molar-refractivity contribution in [3.8, 4) is 5.75 Å². The molecular formula is C23H26N2O3S. The Labute approximate surface area is 176 Å². The molecule has 2 aromatic rings. The maximum Gasteiger partial charge on any atom is 0.293 e. The zero-order valence-corrected chi connectivity index (χ0v) is 17.9. The van der Waals surface area contributed by atoms with Crippen LogP contribution in [0.5, 0.6) is 5.75 Å². The fraction of sp³-hybridized carbons (Fsp3) is 0.304. The summed E-state index contributed by atoms with van der Waals surface area (Å²) in [6.07, 6.45) is 1.78. The smallest absolute Gasteiger partial charge is 0.293 e. The summed E-state index contributed by atoms with van der Waals surface area (Å²) >= 11 is 0.977. The van der Waals surface area contributed by atoms with Gasteiger partial charge in [-0.3, -0.25) is 14.5 Å². The van der Waals surface area contributed by atoms with Crippen molar-refractivity contribution in [2.45, 2.75) is 20.8 Å². The first-order valence-electron chi connectivity index (χ1n) is 9.81. The lowest BCUT2D eigenvalue weighted by Gasteiger charge is -2.20. The SMILES string of the molecule is CCN(CC)c1ccc(/C=C2\SC(=O)N(CCOc3cccc(C)c3)C2=O)cc1. The Hall–Kier alpha value is -2.73. The van der Waals surface area contributed by atoms with E-state index in [0.29, 0.717) is 4.91 Å². The number of nitrogens with zero attached hydrogens (tertiary/aromatic N) is 2. The third-order valence-electron chi connectivity index (χ3n) is 4.77. The maximum absolute atomic E-state index is 12.6. The van der Waals surface area contributed by atoms with Gasteiger partial charge in [0, 0.05) is 18.8 Å². The molecule has 0 aromatic heterocycles. The molecule has 5 nitrogen and oxygen atoms in total. The average molecular weight is 411 g/mol. The number of benzene rings is 2. The van der Waals surface area contributed by atoms with E-state index in [9.17, 15) is 9.59 Å². The van der Waals surface area contributed by atoms with E-state index in [1.807, 2.05) is 55.5 Å². The number of hydrogen-bond donors (Lipinski definition) is 0. The first-order chi connectivity index (χ1) is 14.0. The summed E-state index contributed by atoms with van der Waals surface area (Å²) in [6.45, 7) is 8.62. The van der Waals surface area contributed by atoms with Crippen LogP contribution in [-0.4, -0.2) is 42.3 Å². The van der Waals surface area contributed by atoms with Crippen molar-refractivity contribution < 1.29 is 14.3 Å². The number of carbonyl (C=O) groups excluding carboxylic acids is 2. The molecule has 1 heterocycles. The number of rotatable bonds is 8. The fourth-order valence-corrected chi connectivity index (χ4v) is 4.04. The lowest BCUT2D eigenvalue weighted by atomic mass is 10.1. The highest BCUT2D eigenvalue weighted by Gasteiger charge is 2.34. The van der Waals surface area contributed by atoms with Gasteiger partial charge in [0.2, 0.25) is 0 Å². The van der Waals surface area contributed by atoms with Crippen molar-refractivity contribution in [1.29, 1.82) is 0 Å². The van der Waals surface area contributed by atoms with E-state index < -0.39 is 0 Å². The van der Waals surface area contributed by atoms with Gasteiger partial charge >= 0.3 is 0 Å². The maximum atomic E-state index is 12.6. The minimum atomic E-state index is -0.263. The van der Waals surface area contributed by atoms with Crippen LogP contribution in [0, 0.1) is 6.92 Å². The first kappa shape index (κ1) is 21.0. The second kappa shape index (κ2) is 9.65. The van der Waals surface area contributed by atoms with Gasteiger partial charge in [-0.2, -0.15) is 0 Å². The van der Waals surface area contributed by atoms with Crippen LogP contribution < -0.4 is 9.64 Å². The van der Waals surface area contributed by atoms with E-state index in [-0.39, 0.29) is 24.3 Å². The molecule has 0 aliphatic carbocycles. The van der Waals surface area contributed by atoms with Crippen molar-refractivity contribution >= 4 is 34.7 Å². The standard InChI is InChI=1S/C23H26N2O3S/c1-4-24(5-2)19-11-9-18(10-12-19)16-21-22(26)25(23(27)29-21)13-14-28-20-8-6-7-17(3)15-20/h6-12,15-16H,4-5,13-14H2,1-3H3/b21-16-. The molecule has 2 aromatic carbocycles. The molecule has 0 radical (unpaired) electrons. The van der Waals surface area contributed by atoms with Gasteiger partial charge in [-0.15, -0.1) is 0 Å². The van der Waals surface area contributed by atoms with E-state index >= 15 is 0 Å². The van der Waals surface area contributed by atoms with Crippen LogP contribution in [0.25, 0.3) is 6.08 Å². The molecule has 2 amide bonds. The molecule has 1 saturated heterocycles. The van der Waals surface area contributed by atoms with Crippen molar-refractivity contribution in [2.24, 2.45) is 0 Å². The number of ether oxygens (including phenoxy) is 1. The van der Waals surface area contributed by atoms with Gasteiger partial charge in [0.05, 0.1) is 11.4 Å². The summed E-state index contributed by atoms with van der Waals surface area (Å²) in [5.74, 6) is 0.474. The number of hydrogen-bond acceptors (Lipinski definition) is 5. The van der Waals surface area contributed by atoms with Crippen molar-refractivity contribution in [2.75, 3.05) is 31.1 Å². The van der Waals surface area contributed by atoms with Crippen LogP contribution in [0.3, 0.4) is 0 Å². The van der Waals surface area contributed by atoms with Crippen LogP contribution in [0.15, 0.2) is 53.4 Å². The molecule has 1 aliphatic rings. The topological polar surface area (TPSA) is 49.9 Å². The van der Waals surface area contributed by atoms with Gasteiger partial charge in [0.15, 0.2) is 0 Å². The molecule has 152 valence electrons. The number of anilines is 1. The molecule has 1 aliphatic heterocycles. The van der Waals surface area contributed by atoms with Crippen LogP contribution in [0.4, 0.5) is 10.5 Å². The van der Waals surface area contributed by atoms with Gasteiger partial charge in [-0.1, -0.05) is 24.3 Å². The van der Waals surface area contributed by atoms with Gasteiger partial charge in [0.1, 0.15) is 12.4 Å². The summed E-state index contributed by atoms with van der Waals surface area (Å²) in [4.78, 5) is 28.9. The van der Waals surface area contributed by atoms with Crippen LogP contribution >= 0.6 is 11.8 Å². The number of carbonyl (C=O) groups is 2. The Bertz CT molecular complexity index is 905. The highest BCUT2D eigenvalue weighted by molar-refractivity contribution is 8.18. The van der Waals surface area contributed by atoms with Crippen LogP contribution in [0.1, 0.15) is 25.0 Å². The summed E-state index contributed by atoms with van der Waals surface area (Å²) in [5.41, 5.74) is 3.15. The summed E-state index contributed by atoms with van der Waals surface area (Å²) < 4.78 is 5.68. The number of thioether (sulfide) groups is 1. The first-order valence-corrected chi connectivity index (χ1v) is 10.6. The van der Waals surface area contributed by atoms with Crippen LogP contribution in [-0.2, 0) is 4.79 Å². The Balaban J connectivity index is 1.62. The number of amides is 2. The fourth-order valence-electron chi connectivity index (χ4n) is 3.17. The third-order valence-corrected chi connectivity index (χ3v) is 5.67. The minimum Gasteiger partial charge on any atom is -0.492 e. The van der Waals surface area contributed by atoms with Gasteiger partial charge < -0.3 is 9.64 Å². The predicted molar refractivity (Wildman–Crippen MR) is 119 cm³/mol. The lowest BCUT2D eigenvalue weighted by Crippen LogP contribution is -2.32. The highest BCUT2D eigenvalue weighted by Crippen LogP contribution is 2.32. The molecule has 6 heteroatoms. The molecule has 0 unspecified atom stereocenters. The van der Waals surface area contributed by atoms with Crippen molar-refractivity contribution in [3.63, 3.8) is 0 Å². The zero-order valence-electron chi connectivity index (χ0n) is 17.1. The minimum absolute atomic E-state index is 0.233. The molecular weight excluding hydrogens is 384 g/mol. The number of aryl methyl sites for hydroxylation is 1. The van der Waals surface area contributed by atoms with Crippen molar-refractivity contribution in [1.82, 2.24) is 4.90 Å².